The Bertz CT molecular complexity index is 379. The molecular formula is C15H24N2O2. The Morgan fingerprint density at radius 2 is 1.95 bits per heavy atom. The summed E-state index contributed by atoms with van der Waals surface area (Å²) in [6.07, 6.45) is 0.260. The molecule has 2 N–H and O–H groups in total. The molecule has 1 amide bonds. The summed E-state index contributed by atoms with van der Waals surface area (Å²) < 4.78 is 5.39. The van der Waals surface area contributed by atoms with Gasteiger partial charge in [-0.1, -0.05) is 30.3 Å². The summed E-state index contributed by atoms with van der Waals surface area (Å²) in [5.74, 6) is -0.00264. The van der Waals surface area contributed by atoms with E-state index in [1.54, 1.807) is 7.11 Å². The van der Waals surface area contributed by atoms with Crippen molar-refractivity contribution >= 4 is 5.91 Å². The lowest BCUT2D eigenvalue weighted by Crippen LogP contribution is -2.41. The monoisotopic (exact) mass is 264 g/mol. The molecule has 0 radical (unpaired) electrons. The van der Waals surface area contributed by atoms with Crippen molar-refractivity contribution in [2.45, 2.75) is 32.4 Å². The first-order valence-corrected chi connectivity index (χ1v) is 6.70. The van der Waals surface area contributed by atoms with Gasteiger partial charge in [-0.15, -0.1) is 0 Å². The highest BCUT2D eigenvalue weighted by atomic mass is 16.5. The number of hydrogen-bond donors (Lipinski definition) is 1. The van der Waals surface area contributed by atoms with Gasteiger partial charge in [0.1, 0.15) is 0 Å². The molecule has 1 aromatic carbocycles. The number of rotatable bonds is 7. The number of benzene rings is 1. The topological polar surface area (TPSA) is 55.6 Å². The van der Waals surface area contributed by atoms with E-state index in [2.05, 4.69) is 0 Å². The van der Waals surface area contributed by atoms with Crippen LogP contribution in [0.25, 0.3) is 0 Å². The molecule has 0 aliphatic rings. The van der Waals surface area contributed by atoms with E-state index in [0.717, 1.165) is 12.0 Å². The van der Waals surface area contributed by atoms with Crippen LogP contribution in [0, 0.1) is 0 Å². The summed E-state index contributed by atoms with van der Waals surface area (Å²) in [5.41, 5.74) is 6.41. The molecule has 0 saturated carbocycles. The SMILES string of the molecule is COC(C(=O)N(CCCN)C(C)C)c1ccccc1. The van der Waals surface area contributed by atoms with Gasteiger partial charge in [0.25, 0.3) is 5.91 Å². The van der Waals surface area contributed by atoms with Gasteiger partial charge in [0.15, 0.2) is 6.10 Å². The van der Waals surface area contributed by atoms with Gasteiger partial charge in [0.05, 0.1) is 0 Å². The predicted molar refractivity (Wildman–Crippen MR) is 76.7 cm³/mol. The summed E-state index contributed by atoms with van der Waals surface area (Å²) in [7, 11) is 1.57. The van der Waals surface area contributed by atoms with Crippen molar-refractivity contribution in [3.8, 4) is 0 Å². The van der Waals surface area contributed by atoms with Gasteiger partial charge in [-0.25, -0.2) is 0 Å². The highest BCUT2D eigenvalue weighted by Gasteiger charge is 2.26. The van der Waals surface area contributed by atoms with Crippen molar-refractivity contribution in [2.75, 3.05) is 20.2 Å². The zero-order valence-corrected chi connectivity index (χ0v) is 12.0. The third-order valence-electron chi connectivity index (χ3n) is 3.07. The van der Waals surface area contributed by atoms with Crippen molar-refractivity contribution in [2.24, 2.45) is 5.73 Å². The molecule has 0 saturated heterocycles. The Hall–Kier alpha value is -1.39. The fourth-order valence-electron chi connectivity index (χ4n) is 2.04. The number of amides is 1. The number of hydrogen-bond acceptors (Lipinski definition) is 3. The molecule has 0 aliphatic heterocycles. The van der Waals surface area contributed by atoms with Crippen LogP contribution in [0.2, 0.25) is 0 Å². The highest BCUT2D eigenvalue weighted by Crippen LogP contribution is 2.20. The summed E-state index contributed by atoms with van der Waals surface area (Å²) in [5, 5.41) is 0. The second-order valence-electron chi connectivity index (χ2n) is 4.79. The fraction of sp³-hybridized carbons (Fsp3) is 0.533. The third-order valence-corrected chi connectivity index (χ3v) is 3.07. The first kappa shape index (κ1) is 15.7. The standard InChI is InChI=1S/C15H24N2O2/c1-12(2)17(11-7-10-16)15(18)14(19-3)13-8-5-4-6-9-13/h4-6,8-9,12,14H,7,10-11,16H2,1-3H3. The van der Waals surface area contributed by atoms with Gasteiger partial charge in [-0.3, -0.25) is 4.79 Å². The summed E-state index contributed by atoms with van der Waals surface area (Å²) in [6.45, 7) is 5.26. The van der Waals surface area contributed by atoms with Crippen molar-refractivity contribution < 1.29 is 9.53 Å². The van der Waals surface area contributed by atoms with Gasteiger partial charge in [0, 0.05) is 19.7 Å². The van der Waals surface area contributed by atoms with Crippen molar-refractivity contribution in [3.63, 3.8) is 0 Å². The smallest absolute Gasteiger partial charge is 0.256 e. The van der Waals surface area contributed by atoms with Crippen LogP contribution in [0.3, 0.4) is 0 Å². The molecule has 0 aromatic heterocycles. The maximum Gasteiger partial charge on any atom is 0.256 e. The minimum atomic E-state index is -0.540. The molecule has 1 atom stereocenters. The lowest BCUT2D eigenvalue weighted by Gasteiger charge is -2.30. The van der Waals surface area contributed by atoms with Crippen molar-refractivity contribution in [1.29, 1.82) is 0 Å². The summed E-state index contributed by atoms with van der Waals surface area (Å²) >= 11 is 0. The van der Waals surface area contributed by atoms with Crippen molar-refractivity contribution in [1.82, 2.24) is 4.90 Å². The zero-order chi connectivity index (χ0) is 14.3. The van der Waals surface area contributed by atoms with Crippen LogP contribution in [0.15, 0.2) is 30.3 Å². The Morgan fingerprint density at radius 3 is 2.42 bits per heavy atom. The first-order valence-electron chi connectivity index (χ1n) is 6.70. The Balaban J connectivity index is 2.86. The van der Waals surface area contributed by atoms with E-state index >= 15 is 0 Å². The van der Waals surface area contributed by atoms with E-state index in [4.69, 9.17) is 10.5 Å². The van der Waals surface area contributed by atoms with E-state index < -0.39 is 6.10 Å². The average molecular weight is 264 g/mol. The van der Waals surface area contributed by atoms with Gasteiger partial charge in [0.2, 0.25) is 0 Å². The van der Waals surface area contributed by atoms with E-state index in [1.165, 1.54) is 0 Å². The second kappa shape index (κ2) is 7.92. The van der Waals surface area contributed by atoms with Crippen LogP contribution in [0.1, 0.15) is 31.9 Å². The largest absolute Gasteiger partial charge is 0.367 e. The molecular weight excluding hydrogens is 240 g/mol. The maximum absolute atomic E-state index is 12.6. The zero-order valence-electron chi connectivity index (χ0n) is 12.0. The van der Waals surface area contributed by atoms with Crippen LogP contribution in [-0.4, -0.2) is 37.0 Å². The minimum absolute atomic E-state index is 0.00264. The normalized spacial score (nSPS) is 12.5. The molecule has 4 nitrogen and oxygen atoms in total. The molecule has 19 heavy (non-hydrogen) atoms. The molecule has 1 rings (SSSR count). The molecule has 1 aromatic rings. The molecule has 0 bridgehead atoms. The van der Waals surface area contributed by atoms with Gasteiger partial charge in [-0.2, -0.15) is 0 Å². The van der Waals surface area contributed by atoms with Crippen LogP contribution in [0.5, 0.6) is 0 Å². The average Bonchev–Trinajstić information content (AvgIpc) is 2.41. The van der Waals surface area contributed by atoms with Gasteiger partial charge in [-0.05, 0) is 32.4 Å². The summed E-state index contributed by atoms with van der Waals surface area (Å²) in [6, 6.07) is 9.71. The van der Waals surface area contributed by atoms with Gasteiger partial charge < -0.3 is 15.4 Å². The van der Waals surface area contributed by atoms with Crippen LogP contribution >= 0.6 is 0 Å². The predicted octanol–water partition coefficient (Wildman–Crippen LogP) is 1.96. The highest BCUT2D eigenvalue weighted by molar-refractivity contribution is 5.82. The third kappa shape index (κ3) is 4.33. The first-order chi connectivity index (χ1) is 9.11. The lowest BCUT2D eigenvalue weighted by atomic mass is 10.1. The number of ether oxygens (including phenoxy) is 1. The molecule has 4 heteroatoms. The number of carbonyl (C=O) groups is 1. The maximum atomic E-state index is 12.6. The molecule has 0 fully saturated rings. The Labute approximate surface area is 115 Å². The van der Waals surface area contributed by atoms with Crippen LogP contribution in [0.4, 0.5) is 0 Å². The van der Waals surface area contributed by atoms with E-state index in [0.29, 0.717) is 13.1 Å². The lowest BCUT2D eigenvalue weighted by molar-refractivity contribution is -0.144. The second-order valence-corrected chi connectivity index (χ2v) is 4.79. The van der Waals surface area contributed by atoms with Crippen molar-refractivity contribution in [3.05, 3.63) is 35.9 Å². The Morgan fingerprint density at radius 1 is 1.32 bits per heavy atom. The Kier molecular flexibility index (Phi) is 6.53. The number of nitrogens with zero attached hydrogens (tertiary/aromatic N) is 1. The number of carbonyl (C=O) groups excluding carboxylic acids is 1. The number of nitrogens with two attached hydrogens (primary N) is 1. The van der Waals surface area contributed by atoms with Gasteiger partial charge >= 0.3 is 0 Å². The fourth-order valence-corrected chi connectivity index (χ4v) is 2.04. The molecule has 0 heterocycles. The van der Waals surface area contributed by atoms with E-state index in [-0.39, 0.29) is 11.9 Å². The van der Waals surface area contributed by atoms with Crippen LogP contribution in [-0.2, 0) is 9.53 Å². The molecule has 0 spiro atoms. The van der Waals surface area contributed by atoms with E-state index in [1.807, 2.05) is 49.1 Å². The molecule has 106 valence electrons. The van der Waals surface area contributed by atoms with Crippen LogP contribution < -0.4 is 5.73 Å². The quantitative estimate of drug-likeness (QED) is 0.819. The minimum Gasteiger partial charge on any atom is -0.367 e. The molecule has 0 aliphatic carbocycles. The number of methoxy groups -OCH3 is 1. The summed E-state index contributed by atoms with van der Waals surface area (Å²) in [4.78, 5) is 14.4. The van der Waals surface area contributed by atoms with E-state index in [9.17, 15) is 4.79 Å². The molecule has 1 unspecified atom stereocenters.